The van der Waals surface area contributed by atoms with Gasteiger partial charge in [-0.15, -0.1) is 11.8 Å². The highest BCUT2D eigenvalue weighted by molar-refractivity contribution is 7.99. The molecule has 2 aliphatic heterocycles. The molecule has 0 spiro atoms. The Hall–Kier alpha value is -1.73. The molecule has 1 amide bonds. The molecule has 2 heterocycles. The molecule has 1 aromatic rings. The smallest absolute Gasteiger partial charge is 0.338 e. The number of carbonyl (C=O) groups is 2. The monoisotopic (exact) mass is 540 g/mol. The number of thioether (sulfide) groups is 1. The lowest BCUT2D eigenvalue weighted by atomic mass is 9.91. The van der Waals surface area contributed by atoms with Gasteiger partial charge in [-0.2, -0.15) is 0 Å². The van der Waals surface area contributed by atoms with Gasteiger partial charge in [-0.25, -0.2) is 4.79 Å². The summed E-state index contributed by atoms with van der Waals surface area (Å²) < 4.78 is 16.8. The molecule has 2 aliphatic rings. The molecule has 5 N–H and O–H groups in total. The minimum atomic E-state index is -1.50. The zero-order valence-corrected chi connectivity index (χ0v) is 22.4. The first kappa shape index (κ1) is 29.8. The third kappa shape index (κ3) is 7.89. The van der Waals surface area contributed by atoms with E-state index >= 15 is 0 Å². The maximum Gasteiger partial charge on any atom is 0.338 e. The number of rotatable bonds is 12. The summed E-state index contributed by atoms with van der Waals surface area (Å²) in [5, 5.41) is 38.1. The first-order valence-corrected chi connectivity index (χ1v) is 13.9. The Kier molecular flexibility index (Phi) is 11.6. The van der Waals surface area contributed by atoms with E-state index < -0.39 is 48.0 Å². The molecule has 0 aliphatic carbocycles. The Morgan fingerprint density at radius 2 is 1.92 bits per heavy atom. The fraction of sp³-hybridized carbons (Fsp3) is 0.692. The topological polar surface area (TPSA) is 147 Å². The van der Waals surface area contributed by atoms with Gasteiger partial charge in [0, 0.05) is 12.9 Å². The van der Waals surface area contributed by atoms with Crippen LogP contribution in [0, 0.1) is 5.92 Å². The van der Waals surface area contributed by atoms with Gasteiger partial charge in [0.2, 0.25) is 5.91 Å². The molecule has 208 valence electrons. The molecule has 0 radical (unpaired) electrons. The molecular formula is C26H40N2O8S. The van der Waals surface area contributed by atoms with Crippen LogP contribution in [0.4, 0.5) is 0 Å². The highest BCUT2D eigenvalue weighted by atomic mass is 32.2. The van der Waals surface area contributed by atoms with E-state index in [1.54, 1.807) is 37.3 Å². The Bertz CT molecular complexity index is 862. The van der Waals surface area contributed by atoms with Crippen LogP contribution in [-0.4, -0.2) is 101 Å². The molecule has 11 heteroatoms. The summed E-state index contributed by atoms with van der Waals surface area (Å²) >= 11 is 1.15. The Morgan fingerprint density at radius 1 is 1.19 bits per heavy atom. The van der Waals surface area contributed by atoms with E-state index in [-0.39, 0.29) is 24.3 Å². The molecule has 10 nitrogen and oxygen atoms in total. The molecule has 0 saturated carbocycles. The quantitative estimate of drug-likeness (QED) is 0.189. The zero-order chi connectivity index (χ0) is 26.9. The fourth-order valence-corrected chi connectivity index (χ4v) is 5.76. The van der Waals surface area contributed by atoms with Gasteiger partial charge < -0.3 is 40.2 Å². The highest BCUT2D eigenvalue weighted by Crippen LogP contribution is 2.31. The molecule has 1 aromatic carbocycles. The SMILES string of the molecule is CCC[C@H]1CN[C@H](C(=O)N[C@@H]([C@H]2O[C@H](SCCOC(=O)c3ccccc3)[C@H](O)[C@@H](O)[C@H]2O)[C@@H](C)OC)C1. The number of hydrogen-bond acceptors (Lipinski definition) is 10. The average molecular weight is 541 g/mol. The average Bonchev–Trinajstić information content (AvgIpc) is 3.38. The summed E-state index contributed by atoms with van der Waals surface area (Å²) in [6, 6.07) is 7.47. The summed E-state index contributed by atoms with van der Waals surface area (Å²) in [5.74, 6) is 0.0422. The lowest BCUT2D eigenvalue weighted by Crippen LogP contribution is -2.66. The van der Waals surface area contributed by atoms with Crippen LogP contribution in [-0.2, 0) is 19.0 Å². The van der Waals surface area contributed by atoms with Crippen molar-refractivity contribution in [3.8, 4) is 0 Å². The van der Waals surface area contributed by atoms with Crippen molar-refractivity contribution in [1.29, 1.82) is 0 Å². The van der Waals surface area contributed by atoms with Crippen molar-refractivity contribution in [1.82, 2.24) is 10.6 Å². The summed E-state index contributed by atoms with van der Waals surface area (Å²) in [6.45, 7) is 4.70. The van der Waals surface area contributed by atoms with Gasteiger partial charge in [-0.05, 0) is 44.4 Å². The van der Waals surface area contributed by atoms with Crippen LogP contribution in [0.25, 0.3) is 0 Å². The van der Waals surface area contributed by atoms with Crippen LogP contribution in [0.2, 0.25) is 0 Å². The molecule has 3 rings (SSSR count). The second-order valence-electron chi connectivity index (χ2n) is 9.64. The van der Waals surface area contributed by atoms with Crippen LogP contribution >= 0.6 is 11.8 Å². The van der Waals surface area contributed by atoms with Crippen molar-refractivity contribution >= 4 is 23.6 Å². The van der Waals surface area contributed by atoms with Crippen LogP contribution in [0.15, 0.2) is 30.3 Å². The maximum absolute atomic E-state index is 13.1. The van der Waals surface area contributed by atoms with Crippen molar-refractivity contribution in [3.63, 3.8) is 0 Å². The number of ether oxygens (including phenoxy) is 3. The molecule has 0 aromatic heterocycles. The largest absolute Gasteiger partial charge is 0.461 e. The number of benzene rings is 1. The summed E-state index contributed by atoms with van der Waals surface area (Å²) in [7, 11) is 1.49. The van der Waals surface area contributed by atoms with Crippen molar-refractivity contribution in [2.45, 2.75) is 81.1 Å². The highest BCUT2D eigenvalue weighted by Gasteiger charge is 2.48. The second-order valence-corrected chi connectivity index (χ2v) is 10.8. The molecule has 2 fully saturated rings. The van der Waals surface area contributed by atoms with Gasteiger partial charge in [-0.1, -0.05) is 31.5 Å². The first-order valence-electron chi connectivity index (χ1n) is 12.9. The fourth-order valence-electron chi connectivity index (χ4n) is 4.78. The van der Waals surface area contributed by atoms with E-state index in [9.17, 15) is 24.9 Å². The number of nitrogens with one attached hydrogen (secondary N) is 2. The molecule has 2 saturated heterocycles. The van der Waals surface area contributed by atoms with Crippen LogP contribution in [0.3, 0.4) is 0 Å². The summed E-state index contributed by atoms with van der Waals surface area (Å²) in [6.07, 6.45) is -3.07. The van der Waals surface area contributed by atoms with Crippen molar-refractivity contribution in [2.24, 2.45) is 5.92 Å². The first-order chi connectivity index (χ1) is 17.8. The number of amides is 1. The van der Waals surface area contributed by atoms with Gasteiger partial charge in [0.25, 0.3) is 0 Å². The molecule has 0 bridgehead atoms. The van der Waals surface area contributed by atoms with Crippen molar-refractivity contribution in [2.75, 3.05) is 26.0 Å². The standard InChI is InChI=1S/C26H40N2O8S/c1-4-8-16-13-18(27-14-16)24(32)28-19(15(2)34-3)23-21(30)20(29)22(31)26(36-23)37-12-11-35-25(33)17-9-6-5-7-10-17/h5-7,9-10,15-16,18-23,26-27,29-31H,4,8,11-14H2,1-3H3,(H,28,32)/t15-,16-,18+,19-,20+,21-,22-,23-,26-/m1/s1. The normalized spacial score (nSPS) is 31.5. The van der Waals surface area contributed by atoms with E-state index in [0.29, 0.717) is 11.5 Å². The zero-order valence-electron chi connectivity index (χ0n) is 21.6. The third-order valence-corrected chi connectivity index (χ3v) is 8.11. The lowest BCUT2D eigenvalue weighted by Gasteiger charge is -2.44. The molecule has 37 heavy (non-hydrogen) atoms. The minimum absolute atomic E-state index is 0.0647. The molecule has 9 atom stereocenters. The Morgan fingerprint density at radius 3 is 2.59 bits per heavy atom. The van der Waals surface area contributed by atoms with Crippen LogP contribution < -0.4 is 10.6 Å². The van der Waals surface area contributed by atoms with Crippen molar-refractivity contribution in [3.05, 3.63) is 35.9 Å². The maximum atomic E-state index is 13.1. The number of aliphatic hydroxyl groups is 3. The third-order valence-electron chi connectivity index (χ3n) is 6.99. The van der Waals surface area contributed by atoms with E-state index in [4.69, 9.17) is 14.2 Å². The predicted molar refractivity (Wildman–Crippen MR) is 139 cm³/mol. The number of esters is 1. The van der Waals surface area contributed by atoms with Crippen LogP contribution in [0.1, 0.15) is 43.5 Å². The van der Waals surface area contributed by atoms with Crippen LogP contribution in [0.5, 0.6) is 0 Å². The van der Waals surface area contributed by atoms with E-state index in [0.717, 1.165) is 37.6 Å². The minimum Gasteiger partial charge on any atom is -0.461 e. The van der Waals surface area contributed by atoms with Gasteiger partial charge in [-0.3, -0.25) is 4.79 Å². The Labute approximate surface area is 222 Å². The summed E-state index contributed by atoms with van der Waals surface area (Å²) in [4.78, 5) is 25.2. The molecular weight excluding hydrogens is 500 g/mol. The number of aliphatic hydroxyl groups excluding tert-OH is 3. The van der Waals surface area contributed by atoms with E-state index in [1.807, 2.05) is 0 Å². The Balaban J connectivity index is 1.60. The van der Waals surface area contributed by atoms with Gasteiger partial charge >= 0.3 is 5.97 Å². The van der Waals surface area contributed by atoms with Crippen molar-refractivity contribution < 1.29 is 39.1 Å². The number of methoxy groups -OCH3 is 1. The molecule has 0 unspecified atom stereocenters. The van der Waals surface area contributed by atoms with Gasteiger partial charge in [0.15, 0.2) is 0 Å². The lowest BCUT2D eigenvalue weighted by molar-refractivity contribution is -0.212. The number of carbonyl (C=O) groups excluding carboxylic acids is 2. The van der Waals surface area contributed by atoms with Gasteiger partial charge in [0.1, 0.15) is 36.5 Å². The summed E-state index contributed by atoms with van der Waals surface area (Å²) in [5.41, 5.74) is -0.481. The van der Waals surface area contributed by atoms with E-state index in [1.165, 1.54) is 7.11 Å². The van der Waals surface area contributed by atoms with Gasteiger partial charge in [0.05, 0.1) is 23.8 Å². The predicted octanol–water partition coefficient (Wildman–Crippen LogP) is 0.682. The van der Waals surface area contributed by atoms with E-state index in [2.05, 4.69) is 17.6 Å². The number of hydrogen-bond donors (Lipinski definition) is 5. The second kappa shape index (κ2) is 14.4.